The number of nitrogens with zero attached hydrogens (tertiary/aromatic N) is 3. The van der Waals surface area contributed by atoms with Gasteiger partial charge in [-0.3, -0.25) is 9.55 Å². The number of imidazole rings is 1. The molecule has 68 heavy (non-hydrogen) atoms. The number of phenols is 1. The van der Waals surface area contributed by atoms with E-state index in [2.05, 4.69) is 128 Å². The van der Waals surface area contributed by atoms with Crippen LogP contribution in [0.4, 0.5) is 0 Å². The maximum absolute atomic E-state index is 12.7. The molecule has 0 aliphatic carbocycles. The Hall–Kier alpha value is -7.04. The van der Waals surface area contributed by atoms with Crippen LogP contribution in [0.15, 0.2) is 170 Å². The largest absolute Gasteiger partial charge is 0.507 e. The van der Waals surface area contributed by atoms with Crippen molar-refractivity contribution in [2.45, 2.75) is 105 Å². The van der Waals surface area contributed by atoms with E-state index in [-0.39, 0.29) is 22.1 Å². The fourth-order valence-corrected chi connectivity index (χ4v) is 9.00. The number of hydrogen-bond acceptors (Lipinski definition) is 3. The number of hydrogen-bond donors (Lipinski definition) is 1. The summed E-state index contributed by atoms with van der Waals surface area (Å²) >= 11 is 0. The Morgan fingerprint density at radius 2 is 1.04 bits per heavy atom. The number of aromatic nitrogens is 3. The van der Waals surface area contributed by atoms with Crippen molar-refractivity contribution in [3.8, 4) is 78.6 Å². The second kappa shape index (κ2) is 17.2. The molecule has 0 unspecified atom stereocenters. The molecule has 9 aromatic rings. The molecule has 2 heterocycles. The molecule has 0 radical (unpaired) electrons. The van der Waals surface area contributed by atoms with Crippen LogP contribution in [0.2, 0.25) is 0 Å². The highest BCUT2D eigenvalue weighted by Crippen LogP contribution is 2.46. The first-order chi connectivity index (χ1) is 35.9. The van der Waals surface area contributed by atoms with Crippen molar-refractivity contribution in [1.29, 1.82) is 0 Å². The number of para-hydroxylation sites is 1. The standard InChI is InChI=1S/C64H65N3O/c1-61(2,3)48-29-26-42(27-30-48)44-28-31-56(52(37-44)43-22-17-14-18-23-43)67-57-25-19-24-51(58(57)66-60(67)53-39-50(63(7,8)9)40-54(59(53)68)64(10,11)12)46-34-47(36-49(35-46)62(4,5)6)55-38-45(32-33-65-55)41-20-15-13-16-21-41/h13-40,68H,1-12H3/i1D3,2D3,3D3. The van der Waals surface area contributed by atoms with Gasteiger partial charge in [0.2, 0.25) is 0 Å². The summed E-state index contributed by atoms with van der Waals surface area (Å²) in [4.78, 5) is 10.6. The quantitative estimate of drug-likeness (QED) is 0.173. The van der Waals surface area contributed by atoms with Crippen LogP contribution in [-0.4, -0.2) is 19.6 Å². The zero-order valence-electron chi connectivity index (χ0n) is 49.5. The maximum Gasteiger partial charge on any atom is 0.149 e. The predicted molar refractivity (Wildman–Crippen MR) is 288 cm³/mol. The van der Waals surface area contributed by atoms with Gasteiger partial charge in [0.25, 0.3) is 0 Å². The lowest BCUT2D eigenvalue weighted by Crippen LogP contribution is -2.17. The second-order valence-corrected chi connectivity index (χ2v) is 21.1. The molecule has 0 atom stereocenters. The van der Waals surface area contributed by atoms with E-state index in [1.54, 1.807) is 12.1 Å². The third-order valence-corrected chi connectivity index (χ3v) is 13.0. The van der Waals surface area contributed by atoms with Gasteiger partial charge in [-0.15, -0.1) is 0 Å². The summed E-state index contributed by atoms with van der Waals surface area (Å²) in [6.45, 7) is 9.21. The minimum atomic E-state index is -3.39. The van der Waals surface area contributed by atoms with Gasteiger partial charge in [-0.2, -0.15) is 0 Å². The van der Waals surface area contributed by atoms with Crippen molar-refractivity contribution in [1.82, 2.24) is 14.5 Å². The van der Waals surface area contributed by atoms with Crippen LogP contribution in [0.1, 0.15) is 117 Å². The molecule has 4 heteroatoms. The molecule has 0 bridgehead atoms. The van der Waals surface area contributed by atoms with Crippen LogP contribution in [-0.2, 0) is 21.7 Å². The van der Waals surface area contributed by atoms with Crippen LogP contribution in [0.3, 0.4) is 0 Å². The SMILES string of the molecule is [2H]C([2H])([2H])C(c1ccc(-c2ccc(-n3c(-c4cc(C(C)(C)C)cc(C(C)(C)C)c4O)nc4c(-c5cc(-c6cc(-c7ccccc7)ccn6)cc(C(C)(C)C)c5)cccc43)c(-c3ccccc3)c2)cc1)(C([2H])([2H])[2H])C([2H])([2H])[2H]. The lowest BCUT2D eigenvalue weighted by Gasteiger charge is -2.27. The van der Waals surface area contributed by atoms with E-state index < -0.39 is 31.4 Å². The normalized spacial score (nSPS) is 15.0. The van der Waals surface area contributed by atoms with Crippen LogP contribution < -0.4 is 0 Å². The van der Waals surface area contributed by atoms with E-state index >= 15 is 0 Å². The minimum absolute atomic E-state index is 0.130. The molecule has 0 fully saturated rings. The second-order valence-electron chi connectivity index (χ2n) is 21.1. The predicted octanol–water partition coefficient (Wildman–Crippen LogP) is 17.3. The number of fused-ring (bicyclic) bond motifs is 1. The van der Waals surface area contributed by atoms with Crippen molar-refractivity contribution in [3.63, 3.8) is 0 Å². The Morgan fingerprint density at radius 3 is 1.69 bits per heavy atom. The lowest BCUT2D eigenvalue weighted by molar-refractivity contribution is 0.446. The maximum atomic E-state index is 12.7. The molecule has 342 valence electrons. The van der Waals surface area contributed by atoms with Crippen LogP contribution in [0, 0.1) is 0 Å². The van der Waals surface area contributed by atoms with Crippen molar-refractivity contribution in [2.75, 3.05) is 0 Å². The zero-order valence-corrected chi connectivity index (χ0v) is 40.5. The number of phenolic OH excluding ortho intramolecular Hbond substituents is 1. The number of benzene rings is 7. The van der Waals surface area contributed by atoms with Crippen molar-refractivity contribution in [2.24, 2.45) is 0 Å². The molecule has 9 rings (SSSR count). The minimum Gasteiger partial charge on any atom is -0.507 e. The molecule has 4 nitrogen and oxygen atoms in total. The van der Waals surface area contributed by atoms with E-state index in [1.165, 1.54) is 12.1 Å². The van der Waals surface area contributed by atoms with Gasteiger partial charge in [0.05, 0.1) is 28.0 Å². The summed E-state index contributed by atoms with van der Waals surface area (Å²) in [6, 6.07) is 53.1. The topological polar surface area (TPSA) is 50.9 Å². The Kier molecular flexibility index (Phi) is 9.14. The Bertz CT molecular complexity index is 3610. The van der Waals surface area contributed by atoms with Gasteiger partial charge < -0.3 is 5.11 Å². The summed E-state index contributed by atoms with van der Waals surface area (Å²) in [5.74, 6) is 0.654. The molecule has 2 aromatic heterocycles. The van der Waals surface area contributed by atoms with E-state index in [4.69, 9.17) is 22.3 Å². The lowest BCUT2D eigenvalue weighted by atomic mass is 9.79. The Balaban J connectivity index is 1.33. The van der Waals surface area contributed by atoms with Gasteiger partial charge in [0, 0.05) is 40.8 Å². The first kappa shape index (κ1) is 36.1. The molecule has 0 saturated carbocycles. The van der Waals surface area contributed by atoms with Gasteiger partial charge in [-0.25, -0.2) is 4.98 Å². The zero-order chi connectivity index (χ0) is 55.8. The van der Waals surface area contributed by atoms with Crippen molar-refractivity contribution >= 4 is 11.0 Å². The average Bonchev–Trinajstić information content (AvgIpc) is 4.00. The van der Waals surface area contributed by atoms with Crippen LogP contribution >= 0.6 is 0 Å². The molecular formula is C64H65N3O. The third-order valence-electron chi connectivity index (χ3n) is 13.0. The van der Waals surface area contributed by atoms with Crippen LogP contribution in [0.5, 0.6) is 5.75 Å². The van der Waals surface area contributed by atoms with Crippen molar-refractivity contribution in [3.05, 3.63) is 192 Å². The Labute approximate surface area is 417 Å². The summed E-state index contributed by atoms with van der Waals surface area (Å²) in [5.41, 5.74) is 10.1. The summed E-state index contributed by atoms with van der Waals surface area (Å²) in [6.07, 6.45) is 1.86. The van der Waals surface area contributed by atoms with E-state index in [1.807, 2.05) is 85.1 Å². The van der Waals surface area contributed by atoms with Gasteiger partial charge in [-0.05, 0) is 120 Å². The number of aromatic hydroxyl groups is 1. The fourth-order valence-electron chi connectivity index (χ4n) is 9.00. The molecule has 1 N–H and O–H groups in total. The molecule has 0 aliphatic rings. The molecule has 0 aliphatic heterocycles. The van der Waals surface area contributed by atoms with Gasteiger partial charge >= 0.3 is 0 Å². The van der Waals surface area contributed by atoms with Gasteiger partial charge in [0.1, 0.15) is 11.6 Å². The number of rotatable bonds is 7. The summed E-state index contributed by atoms with van der Waals surface area (Å²) in [7, 11) is 0. The van der Waals surface area contributed by atoms with Crippen LogP contribution in [0.25, 0.3) is 83.9 Å². The van der Waals surface area contributed by atoms with E-state index in [9.17, 15) is 5.11 Å². The molecule has 0 spiro atoms. The smallest absolute Gasteiger partial charge is 0.149 e. The monoisotopic (exact) mass is 901 g/mol. The average molecular weight is 901 g/mol. The van der Waals surface area contributed by atoms with E-state index in [0.29, 0.717) is 28.0 Å². The summed E-state index contributed by atoms with van der Waals surface area (Å²) < 4.78 is 77.0. The van der Waals surface area contributed by atoms with Crippen molar-refractivity contribution < 1.29 is 17.4 Å². The highest BCUT2D eigenvalue weighted by atomic mass is 16.3. The van der Waals surface area contributed by atoms with Gasteiger partial charge in [-0.1, -0.05) is 198 Å². The molecule has 0 amide bonds. The highest BCUT2D eigenvalue weighted by molar-refractivity contribution is 5.98. The first-order valence-electron chi connectivity index (χ1n) is 27.8. The van der Waals surface area contributed by atoms with Gasteiger partial charge in [0.15, 0.2) is 0 Å². The Morgan fingerprint density at radius 1 is 0.441 bits per heavy atom. The summed E-state index contributed by atoms with van der Waals surface area (Å²) in [5, 5.41) is 12.7. The fraction of sp³-hybridized carbons (Fsp3) is 0.250. The molecular weight excluding hydrogens is 827 g/mol. The first-order valence-corrected chi connectivity index (χ1v) is 23.3. The molecule has 0 saturated heterocycles. The highest BCUT2D eigenvalue weighted by Gasteiger charge is 2.30. The number of pyridine rings is 1. The van der Waals surface area contributed by atoms with E-state index in [0.717, 1.165) is 72.5 Å². The third kappa shape index (κ3) is 9.05. The molecule has 7 aromatic carbocycles.